The lowest BCUT2D eigenvalue weighted by molar-refractivity contribution is 0.102. The summed E-state index contributed by atoms with van der Waals surface area (Å²) < 4.78 is 11.6. The molecular formula is C21H17N3O2S. The number of carbonyl (C=O) groups is 1. The van der Waals surface area contributed by atoms with Gasteiger partial charge in [0.1, 0.15) is 5.82 Å². The van der Waals surface area contributed by atoms with Gasteiger partial charge in [-0.3, -0.25) is 9.00 Å². The number of carbonyl (C=O) groups excluding carboxylic acids is 1. The average Bonchev–Trinajstić information content (AvgIpc) is 3.13. The minimum atomic E-state index is -1.12. The molecule has 1 atom stereocenters. The summed E-state index contributed by atoms with van der Waals surface area (Å²) in [5, 5.41) is 2.86. The van der Waals surface area contributed by atoms with Gasteiger partial charge < -0.3 is 10.3 Å². The topological polar surface area (TPSA) is 74.8 Å². The number of anilines is 1. The van der Waals surface area contributed by atoms with Gasteiger partial charge in [-0.25, -0.2) is 4.98 Å². The second kappa shape index (κ2) is 7.17. The van der Waals surface area contributed by atoms with E-state index >= 15 is 0 Å². The molecule has 1 amide bonds. The Hall–Kier alpha value is -3.25. The van der Waals surface area contributed by atoms with Crippen molar-refractivity contribution in [3.8, 4) is 11.4 Å². The summed E-state index contributed by atoms with van der Waals surface area (Å²) in [6.45, 7) is 0. The highest BCUT2D eigenvalue weighted by Crippen LogP contribution is 2.22. The van der Waals surface area contributed by atoms with Crippen molar-refractivity contribution < 1.29 is 9.00 Å². The van der Waals surface area contributed by atoms with Crippen LogP contribution in [0.5, 0.6) is 0 Å². The maximum Gasteiger partial charge on any atom is 0.255 e. The number of para-hydroxylation sites is 2. The third-order valence-electron chi connectivity index (χ3n) is 4.23. The molecule has 0 aliphatic rings. The summed E-state index contributed by atoms with van der Waals surface area (Å²) in [6.07, 6.45) is 1.59. The normalized spacial score (nSPS) is 12.0. The molecule has 6 heteroatoms. The molecule has 1 heterocycles. The van der Waals surface area contributed by atoms with Crippen molar-refractivity contribution in [1.29, 1.82) is 0 Å². The van der Waals surface area contributed by atoms with Crippen molar-refractivity contribution in [3.63, 3.8) is 0 Å². The van der Waals surface area contributed by atoms with E-state index in [0.717, 1.165) is 22.4 Å². The van der Waals surface area contributed by atoms with Crippen LogP contribution in [0.15, 0.2) is 77.7 Å². The Bertz CT molecular complexity index is 1120. The number of hydrogen-bond acceptors (Lipinski definition) is 3. The lowest BCUT2D eigenvalue weighted by atomic mass is 10.1. The Kier molecular flexibility index (Phi) is 4.56. The number of imidazole rings is 1. The fourth-order valence-corrected chi connectivity index (χ4v) is 3.38. The summed E-state index contributed by atoms with van der Waals surface area (Å²) in [6, 6.07) is 22.2. The highest BCUT2D eigenvalue weighted by molar-refractivity contribution is 7.84. The van der Waals surface area contributed by atoms with Crippen molar-refractivity contribution in [2.75, 3.05) is 11.6 Å². The van der Waals surface area contributed by atoms with Crippen molar-refractivity contribution in [3.05, 3.63) is 78.4 Å². The molecule has 134 valence electrons. The van der Waals surface area contributed by atoms with Crippen LogP contribution in [-0.4, -0.2) is 26.3 Å². The van der Waals surface area contributed by atoms with Crippen LogP contribution in [0.4, 0.5) is 5.69 Å². The maximum atomic E-state index is 12.4. The molecular weight excluding hydrogens is 358 g/mol. The first-order chi connectivity index (χ1) is 13.1. The summed E-state index contributed by atoms with van der Waals surface area (Å²) in [5.41, 5.74) is 4.00. The molecule has 0 bridgehead atoms. The minimum absolute atomic E-state index is 0.237. The molecule has 0 aliphatic carbocycles. The van der Waals surface area contributed by atoms with Crippen LogP contribution in [0.25, 0.3) is 22.4 Å². The highest BCUT2D eigenvalue weighted by atomic mass is 32.2. The molecule has 0 saturated carbocycles. The van der Waals surface area contributed by atoms with Crippen molar-refractivity contribution in [1.82, 2.24) is 9.97 Å². The number of H-pyrrole nitrogens is 1. The van der Waals surface area contributed by atoms with E-state index in [1.807, 2.05) is 48.5 Å². The number of nitrogens with one attached hydrogen (secondary N) is 2. The first kappa shape index (κ1) is 17.2. The number of aromatic nitrogens is 2. The van der Waals surface area contributed by atoms with Gasteiger partial charge in [0.05, 0.1) is 11.0 Å². The number of fused-ring (bicyclic) bond motifs is 1. The van der Waals surface area contributed by atoms with Crippen LogP contribution in [0.3, 0.4) is 0 Å². The van der Waals surface area contributed by atoms with Gasteiger partial charge in [0.15, 0.2) is 0 Å². The zero-order chi connectivity index (χ0) is 18.8. The second-order valence-corrected chi connectivity index (χ2v) is 7.50. The molecule has 4 aromatic rings. The number of benzene rings is 3. The summed E-state index contributed by atoms with van der Waals surface area (Å²) in [7, 11) is -1.12. The fraction of sp³-hybridized carbons (Fsp3) is 0.0476. The average molecular weight is 375 g/mol. The molecule has 4 rings (SSSR count). The van der Waals surface area contributed by atoms with Gasteiger partial charge in [0.25, 0.3) is 5.91 Å². The number of aromatic amines is 1. The van der Waals surface area contributed by atoms with Gasteiger partial charge in [-0.15, -0.1) is 0 Å². The van der Waals surface area contributed by atoms with Crippen LogP contribution < -0.4 is 5.32 Å². The minimum Gasteiger partial charge on any atom is -0.338 e. The predicted octanol–water partition coefficient (Wildman–Crippen LogP) is 4.22. The van der Waals surface area contributed by atoms with E-state index in [0.29, 0.717) is 16.1 Å². The number of amides is 1. The number of hydrogen-bond donors (Lipinski definition) is 2. The first-order valence-electron chi connectivity index (χ1n) is 8.40. The quantitative estimate of drug-likeness (QED) is 0.561. The van der Waals surface area contributed by atoms with Gasteiger partial charge in [-0.2, -0.15) is 0 Å². The molecule has 0 fully saturated rings. The summed E-state index contributed by atoms with van der Waals surface area (Å²) >= 11 is 0. The molecule has 0 spiro atoms. The zero-order valence-corrected chi connectivity index (χ0v) is 15.4. The third-order valence-corrected chi connectivity index (χ3v) is 5.15. The molecule has 0 saturated heterocycles. The van der Waals surface area contributed by atoms with Crippen molar-refractivity contribution in [2.45, 2.75) is 4.90 Å². The van der Waals surface area contributed by atoms with Crippen molar-refractivity contribution in [2.24, 2.45) is 0 Å². The fourth-order valence-electron chi connectivity index (χ4n) is 2.82. The maximum absolute atomic E-state index is 12.4. The summed E-state index contributed by atoms with van der Waals surface area (Å²) in [5.74, 6) is 0.547. The standard InChI is InChI=1S/C21H17N3O2S/c1-27(26)17-6-4-5-15(13-17)21(25)22-16-11-9-14(10-12-16)20-23-18-7-2-3-8-19(18)24-20/h2-13H,1H3,(H,22,25)(H,23,24). The lowest BCUT2D eigenvalue weighted by Crippen LogP contribution is -2.12. The second-order valence-electron chi connectivity index (χ2n) is 6.12. The largest absolute Gasteiger partial charge is 0.338 e. The molecule has 27 heavy (non-hydrogen) atoms. The van der Waals surface area contributed by atoms with Gasteiger partial charge in [-0.1, -0.05) is 18.2 Å². The lowest BCUT2D eigenvalue weighted by Gasteiger charge is -2.07. The van der Waals surface area contributed by atoms with Gasteiger partial charge in [-0.05, 0) is 54.6 Å². The van der Waals surface area contributed by atoms with E-state index in [1.165, 1.54) is 0 Å². The van der Waals surface area contributed by atoms with Crippen LogP contribution in [0.1, 0.15) is 10.4 Å². The van der Waals surface area contributed by atoms with E-state index in [-0.39, 0.29) is 5.91 Å². The smallest absolute Gasteiger partial charge is 0.255 e. The summed E-state index contributed by atoms with van der Waals surface area (Å²) in [4.78, 5) is 20.9. The van der Waals surface area contributed by atoms with Crippen LogP contribution >= 0.6 is 0 Å². The highest BCUT2D eigenvalue weighted by Gasteiger charge is 2.09. The molecule has 3 aromatic carbocycles. The first-order valence-corrected chi connectivity index (χ1v) is 9.96. The molecule has 1 aromatic heterocycles. The Morgan fingerprint density at radius 1 is 1.00 bits per heavy atom. The molecule has 5 nitrogen and oxygen atoms in total. The van der Waals surface area contributed by atoms with E-state index in [1.54, 1.807) is 30.5 Å². The van der Waals surface area contributed by atoms with E-state index in [9.17, 15) is 9.00 Å². The molecule has 0 aliphatic heterocycles. The van der Waals surface area contributed by atoms with Gasteiger partial charge in [0, 0.05) is 38.8 Å². The van der Waals surface area contributed by atoms with Gasteiger partial charge in [0.2, 0.25) is 0 Å². The number of rotatable bonds is 4. The van der Waals surface area contributed by atoms with E-state index < -0.39 is 10.8 Å². The Balaban J connectivity index is 1.53. The zero-order valence-electron chi connectivity index (χ0n) is 14.6. The molecule has 1 unspecified atom stereocenters. The van der Waals surface area contributed by atoms with Crippen LogP contribution in [0.2, 0.25) is 0 Å². The van der Waals surface area contributed by atoms with Gasteiger partial charge >= 0.3 is 0 Å². The Labute approximate surface area is 158 Å². The molecule has 2 N–H and O–H groups in total. The number of nitrogens with zero attached hydrogens (tertiary/aromatic N) is 1. The Morgan fingerprint density at radius 3 is 2.52 bits per heavy atom. The molecule has 0 radical (unpaired) electrons. The SMILES string of the molecule is CS(=O)c1cccc(C(=O)Nc2ccc(-c3nc4ccccc4[nH]3)cc2)c1. The van der Waals surface area contributed by atoms with E-state index in [4.69, 9.17) is 0 Å². The van der Waals surface area contributed by atoms with Crippen LogP contribution in [0, 0.1) is 0 Å². The van der Waals surface area contributed by atoms with E-state index in [2.05, 4.69) is 15.3 Å². The Morgan fingerprint density at radius 2 is 1.78 bits per heavy atom. The predicted molar refractivity (Wildman–Crippen MR) is 108 cm³/mol. The third kappa shape index (κ3) is 3.66. The van der Waals surface area contributed by atoms with Crippen molar-refractivity contribution >= 4 is 33.4 Å². The van der Waals surface area contributed by atoms with Crippen LogP contribution in [-0.2, 0) is 10.8 Å². The monoisotopic (exact) mass is 375 g/mol.